The lowest BCUT2D eigenvalue weighted by molar-refractivity contribution is -0.134. The van der Waals surface area contributed by atoms with Crippen molar-refractivity contribution in [1.82, 2.24) is 14.7 Å². The van der Waals surface area contributed by atoms with Crippen LogP contribution in [0.15, 0.2) is 64.6 Å². The minimum atomic E-state index is 0.187. The maximum Gasteiger partial charge on any atom is 0.236 e. The van der Waals surface area contributed by atoms with E-state index in [0.29, 0.717) is 13.1 Å². The van der Waals surface area contributed by atoms with Gasteiger partial charge in [0.15, 0.2) is 0 Å². The molecule has 1 aliphatic heterocycles. The first-order valence-electron chi connectivity index (χ1n) is 10.6. The van der Waals surface area contributed by atoms with Gasteiger partial charge in [-0.3, -0.25) is 14.6 Å². The molecule has 1 saturated heterocycles. The van der Waals surface area contributed by atoms with Gasteiger partial charge in [-0.05, 0) is 41.3 Å². The number of hydrogen-bond donors (Lipinski definition) is 0. The van der Waals surface area contributed by atoms with Crippen molar-refractivity contribution in [2.75, 3.05) is 39.8 Å². The largest absolute Gasteiger partial charge is 0.497 e. The molecule has 164 valence electrons. The van der Waals surface area contributed by atoms with Crippen LogP contribution in [0, 0.1) is 0 Å². The molecule has 0 aliphatic carbocycles. The highest BCUT2D eigenvalue weighted by Crippen LogP contribution is 2.17. The van der Waals surface area contributed by atoms with E-state index >= 15 is 0 Å². The van der Waals surface area contributed by atoms with Gasteiger partial charge in [-0.1, -0.05) is 18.2 Å². The maximum absolute atomic E-state index is 13.0. The third-order valence-electron chi connectivity index (χ3n) is 5.57. The summed E-state index contributed by atoms with van der Waals surface area (Å²) in [5, 5.41) is 2.07. The van der Waals surface area contributed by atoms with Crippen molar-refractivity contribution < 1.29 is 13.9 Å². The Hall–Kier alpha value is -2.61. The molecule has 0 atom stereocenters. The SMILES string of the molecule is COc1ccc(CN2CCN(C(=O)CN(Cc3ccco3)Cc3cccs3)CC2)cc1. The van der Waals surface area contributed by atoms with Gasteiger partial charge in [-0.15, -0.1) is 11.3 Å². The Balaban J connectivity index is 1.28. The molecule has 7 heteroatoms. The summed E-state index contributed by atoms with van der Waals surface area (Å²) in [7, 11) is 1.68. The van der Waals surface area contributed by atoms with Gasteiger partial charge in [0.05, 0.1) is 26.5 Å². The second-order valence-corrected chi connectivity index (χ2v) is 8.84. The lowest BCUT2D eigenvalue weighted by Gasteiger charge is -2.35. The fourth-order valence-corrected chi connectivity index (χ4v) is 4.60. The molecule has 0 unspecified atom stereocenters. The Kier molecular flexibility index (Phi) is 7.40. The van der Waals surface area contributed by atoms with Gasteiger partial charge < -0.3 is 14.1 Å². The van der Waals surface area contributed by atoms with Crippen molar-refractivity contribution in [1.29, 1.82) is 0 Å². The highest BCUT2D eigenvalue weighted by Gasteiger charge is 2.23. The van der Waals surface area contributed by atoms with Gasteiger partial charge in [0.2, 0.25) is 5.91 Å². The molecule has 0 bridgehead atoms. The van der Waals surface area contributed by atoms with Gasteiger partial charge in [-0.25, -0.2) is 0 Å². The molecule has 6 nitrogen and oxygen atoms in total. The minimum Gasteiger partial charge on any atom is -0.497 e. The first kappa shape index (κ1) is 21.6. The van der Waals surface area contributed by atoms with E-state index in [1.165, 1.54) is 10.4 Å². The molecule has 1 fully saturated rings. The van der Waals surface area contributed by atoms with Crippen LogP contribution in [0.2, 0.25) is 0 Å². The molecule has 1 amide bonds. The van der Waals surface area contributed by atoms with Crippen molar-refractivity contribution in [3.63, 3.8) is 0 Å². The average molecular weight is 440 g/mol. The summed E-state index contributed by atoms with van der Waals surface area (Å²) in [6, 6.07) is 16.2. The summed E-state index contributed by atoms with van der Waals surface area (Å²) >= 11 is 1.72. The van der Waals surface area contributed by atoms with Gasteiger partial charge in [-0.2, -0.15) is 0 Å². The van der Waals surface area contributed by atoms with Crippen LogP contribution in [0.4, 0.5) is 0 Å². The van der Waals surface area contributed by atoms with Crippen LogP contribution in [0.5, 0.6) is 5.75 Å². The third kappa shape index (κ3) is 6.19. The topological polar surface area (TPSA) is 49.2 Å². The molecule has 3 aromatic rings. The normalized spacial score (nSPS) is 14.8. The van der Waals surface area contributed by atoms with Crippen LogP contribution in [0.25, 0.3) is 0 Å². The zero-order chi connectivity index (χ0) is 21.5. The number of hydrogen-bond acceptors (Lipinski definition) is 6. The van der Waals surface area contributed by atoms with Crippen LogP contribution >= 0.6 is 11.3 Å². The summed E-state index contributed by atoms with van der Waals surface area (Å²) in [5.41, 5.74) is 1.26. The van der Waals surface area contributed by atoms with Gasteiger partial charge in [0, 0.05) is 44.1 Å². The van der Waals surface area contributed by atoms with Crippen molar-refractivity contribution in [2.24, 2.45) is 0 Å². The molecule has 1 aromatic carbocycles. The van der Waals surface area contributed by atoms with E-state index in [1.807, 2.05) is 29.2 Å². The maximum atomic E-state index is 13.0. The second kappa shape index (κ2) is 10.6. The summed E-state index contributed by atoms with van der Waals surface area (Å²) in [6.45, 7) is 5.99. The molecular weight excluding hydrogens is 410 g/mol. The first-order valence-corrected chi connectivity index (χ1v) is 11.5. The molecule has 0 saturated carbocycles. The van der Waals surface area contributed by atoms with E-state index in [4.69, 9.17) is 9.15 Å². The molecule has 0 spiro atoms. The van der Waals surface area contributed by atoms with Crippen molar-refractivity contribution >= 4 is 17.2 Å². The predicted octanol–water partition coefficient (Wildman–Crippen LogP) is 3.70. The Morgan fingerprint density at radius 2 is 1.87 bits per heavy atom. The van der Waals surface area contributed by atoms with Crippen LogP contribution < -0.4 is 4.74 Å². The van der Waals surface area contributed by atoms with Gasteiger partial charge in [0.1, 0.15) is 11.5 Å². The van der Waals surface area contributed by atoms with E-state index in [1.54, 1.807) is 24.7 Å². The highest BCUT2D eigenvalue weighted by atomic mass is 32.1. The van der Waals surface area contributed by atoms with E-state index in [-0.39, 0.29) is 5.91 Å². The van der Waals surface area contributed by atoms with Crippen LogP contribution in [-0.2, 0) is 24.4 Å². The Bertz CT molecular complexity index is 881. The fraction of sp³-hybridized carbons (Fsp3) is 0.375. The monoisotopic (exact) mass is 439 g/mol. The lowest BCUT2D eigenvalue weighted by atomic mass is 10.2. The summed E-state index contributed by atoms with van der Waals surface area (Å²) in [5.74, 6) is 1.95. The Morgan fingerprint density at radius 1 is 1.06 bits per heavy atom. The number of methoxy groups -OCH3 is 1. The van der Waals surface area contributed by atoms with E-state index < -0.39 is 0 Å². The molecular formula is C24H29N3O3S. The summed E-state index contributed by atoms with van der Waals surface area (Å²) < 4.78 is 10.7. The molecule has 31 heavy (non-hydrogen) atoms. The quantitative estimate of drug-likeness (QED) is 0.509. The number of carbonyl (C=O) groups excluding carboxylic acids is 1. The van der Waals surface area contributed by atoms with Crippen molar-refractivity contribution in [3.8, 4) is 5.75 Å². The number of piperazine rings is 1. The number of ether oxygens (including phenoxy) is 1. The molecule has 2 aromatic heterocycles. The zero-order valence-electron chi connectivity index (χ0n) is 17.9. The van der Waals surface area contributed by atoms with Gasteiger partial charge in [0.25, 0.3) is 0 Å². The highest BCUT2D eigenvalue weighted by molar-refractivity contribution is 7.09. The van der Waals surface area contributed by atoms with Crippen LogP contribution in [0.1, 0.15) is 16.2 Å². The number of furan rings is 1. The standard InChI is InChI=1S/C24H29N3O3S/c1-29-21-8-6-20(7-9-21)16-25-10-12-27(13-11-25)24(28)19-26(17-22-4-2-14-30-22)18-23-5-3-15-31-23/h2-9,14-15H,10-13,16-19H2,1H3. The number of thiophene rings is 1. The molecule has 3 heterocycles. The van der Waals surface area contributed by atoms with E-state index in [9.17, 15) is 4.79 Å². The summed E-state index contributed by atoms with van der Waals surface area (Å²) in [4.78, 5) is 20.8. The molecule has 0 radical (unpaired) electrons. The van der Waals surface area contributed by atoms with E-state index in [2.05, 4.69) is 39.4 Å². The molecule has 1 aliphatic rings. The number of carbonyl (C=O) groups is 1. The Labute approximate surface area is 187 Å². The van der Waals surface area contributed by atoms with Gasteiger partial charge >= 0.3 is 0 Å². The third-order valence-corrected chi connectivity index (χ3v) is 6.43. The van der Waals surface area contributed by atoms with Crippen LogP contribution in [-0.4, -0.2) is 60.4 Å². The second-order valence-electron chi connectivity index (χ2n) is 7.81. The van der Waals surface area contributed by atoms with Crippen LogP contribution in [0.3, 0.4) is 0 Å². The summed E-state index contributed by atoms with van der Waals surface area (Å²) in [6.07, 6.45) is 1.68. The average Bonchev–Trinajstić information content (AvgIpc) is 3.49. The van der Waals surface area contributed by atoms with Crippen molar-refractivity contribution in [2.45, 2.75) is 19.6 Å². The van der Waals surface area contributed by atoms with Crippen molar-refractivity contribution in [3.05, 3.63) is 76.4 Å². The predicted molar refractivity (Wildman–Crippen MR) is 122 cm³/mol. The number of rotatable bonds is 9. The number of benzene rings is 1. The molecule has 0 N–H and O–H groups in total. The zero-order valence-corrected chi connectivity index (χ0v) is 18.7. The smallest absolute Gasteiger partial charge is 0.236 e. The van der Waals surface area contributed by atoms with E-state index in [0.717, 1.165) is 50.8 Å². The number of amides is 1. The lowest BCUT2D eigenvalue weighted by Crippen LogP contribution is -2.50. The minimum absolute atomic E-state index is 0.187. The number of nitrogens with zero attached hydrogens (tertiary/aromatic N) is 3. The molecule has 4 rings (SSSR count). The fourth-order valence-electron chi connectivity index (χ4n) is 3.85. The first-order chi connectivity index (χ1) is 15.2. The Morgan fingerprint density at radius 3 is 2.52 bits per heavy atom.